The molecule has 0 atom stereocenters. The molecule has 2 aromatic rings. The molecule has 0 aliphatic heterocycles. The van der Waals surface area contributed by atoms with E-state index in [0.29, 0.717) is 0 Å². The van der Waals surface area contributed by atoms with Crippen LogP contribution in [0.3, 0.4) is 0 Å². The molecule has 2 aromatic carbocycles. The maximum absolute atomic E-state index is 3.98. The Bertz CT molecular complexity index is 522. The molecule has 0 saturated carbocycles. The van der Waals surface area contributed by atoms with Crippen LogP contribution in [0.1, 0.15) is 25.0 Å². The van der Waals surface area contributed by atoms with Gasteiger partial charge in [-0.1, -0.05) is 79.4 Å². The van der Waals surface area contributed by atoms with Crippen LogP contribution in [0.2, 0.25) is 0 Å². The van der Waals surface area contributed by atoms with E-state index >= 15 is 0 Å². The predicted octanol–water partition coefficient (Wildman–Crippen LogP) is 5.12. The first kappa shape index (κ1) is 13.4. The lowest BCUT2D eigenvalue weighted by Crippen LogP contribution is -2.25. The zero-order valence-electron chi connectivity index (χ0n) is 11.6. The van der Waals surface area contributed by atoms with Crippen LogP contribution < -0.4 is 0 Å². The van der Waals surface area contributed by atoms with Gasteiger partial charge >= 0.3 is 0 Å². The number of benzene rings is 2. The van der Waals surface area contributed by atoms with E-state index in [1.54, 1.807) is 0 Å². The molecule has 0 aromatic heterocycles. The van der Waals surface area contributed by atoms with Gasteiger partial charge in [0, 0.05) is 5.41 Å². The average Bonchev–Trinajstić information content (AvgIpc) is 2.50. The number of hydrogen-bond acceptors (Lipinski definition) is 0. The molecule has 0 N–H and O–H groups in total. The molecule has 0 heteroatoms. The quantitative estimate of drug-likeness (QED) is 0.658. The van der Waals surface area contributed by atoms with Crippen LogP contribution in [0, 0.1) is 0 Å². The molecule has 2 rings (SSSR count). The third-order valence-electron chi connectivity index (χ3n) is 3.81. The molecule has 0 spiro atoms. The van der Waals surface area contributed by atoms with Gasteiger partial charge in [0.2, 0.25) is 0 Å². The van der Waals surface area contributed by atoms with E-state index in [4.69, 9.17) is 0 Å². The molecule has 0 unspecified atom stereocenters. The van der Waals surface area contributed by atoms with E-state index in [2.05, 4.69) is 87.2 Å². The monoisotopic (exact) mass is 248 g/mol. The molecule has 0 amide bonds. The van der Waals surface area contributed by atoms with E-state index in [0.717, 1.165) is 0 Å². The Kier molecular flexibility index (Phi) is 4.01. The Balaban J connectivity index is 2.67. The standard InChI is InChI=1S/C19H20/c1-4-16(5-2)19(3,17-12-8-6-9-13-17)18-14-10-7-11-15-18/h4-15H,1H2,2-3H3/b16-5+. The molecule has 96 valence electrons. The molecule has 0 aliphatic rings. The van der Waals surface area contributed by atoms with Crippen LogP contribution in [-0.2, 0) is 5.41 Å². The molecular weight excluding hydrogens is 228 g/mol. The molecule has 0 nitrogen and oxygen atoms in total. The van der Waals surface area contributed by atoms with Crippen LogP contribution >= 0.6 is 0 Å². The fourth-order valence-corrected chi connectivity index (χ4v) is 2.65. The van der Waals surface area contributed by atoms with Gasteiger partial charge in [0.05, 0.1) is 0 Å². The zero-order valence-corrected chi connectivity index (χ0v) is 11.6. The van der Waals surface area contributed by atoms with Crippen LogP contribution in [-0.4, -0.2) is 0 Å². The van der Waals surface area contributed by atoms with Crippen molar-refractivity contribution >= 4 is 0 Å². The lowest BCUT2D eigenvalue weighted by molar-refractivity contribution is 0.690. The van der Waals surface area contributed by atoms with E-state index < -0.39 is 0 Å². The van der Waals surface area contributed by atoms with Gasteiger partial charge in [-0.05, 0) is 30.5 Å². The van der Waals surface area contributed by atoms with Crippen molar-refractivity contribution < 1.29 is 0 Å². The second kappa shape index (κ2) is 5.71. The summed E-state index contributed by atoms with van der Waals surface area (Å²) in [6, 6.07) is 21.2. The zero-order chi connectivity index (χ0) is 13.7. The first-order chi connectivity index (χ1) is 9.23. The van der Waals surface area contributed by atoms with Crippen LogP contribution in [0.15, 0.2) is 85.0 Å². The topological polar surface area (TPSA) is 0 Å². The maximum atomic E-state index is 3.98. The van der Waals surface area contributed by atoms with Crippen LogP contribution in [0.4, 0.5) is 0 Å². The van der Waals surface area contributed by atoms with Crippen LogP contribution in [0.25, 0.3) is 0 Å². The maximum Gasteiger partial charge on any atom is 0.0419 e. The Morgan fingerprint density at radius 1 is 0.895 bits per heavy atom. The summed E-state index contributed by atoms with van der Waals surface area (Å²) in [5.74, 6) is 0. The summed E-state index contributed by atoms with van der Waals surface area (Å²) < 4.78 is 0. The SMILES string of the molecule is C=C/C(=C\C)C(C)(c1ccccc1)c1ccccc1. The van der Waals surface area contributed by atoms with Crippen molar-refractivity contribution in [2.24, 2.45) is 0 Å². The van der Waals surface area contributed by atoms with Crippen molar-refractivity contribution in [2.45, 2.75) is 19.3 Å². The average molecular weight is 248 g/mol. The second-order valence-electron chi connectivity index (χ2n) is 4.81. The molecule has 0 fully saturated rings. The highest BCUT2D eigenvalue weighted by molar-refractivity contribution is 5.50. The van der Waals surface area contributed by atoms with Crippen molar-refractivity contribution in [1.29, 1.82) is 0 Å². The van der Waals surface area contributed by atoms with Gasteiger partial charge in [-0.3, -0.25) is 0 Å². The summed E-state index contributed by atoms with van der Waals surface area (Å²) in [5, 5.41) is 0. The van der Waals surface area contributed by atoms with Gasteiger partial charge < -0.3 is 0 Å². The van der Waals surface area contributed by atoms with Gasteiger partial charge in [-0.15, -0.1) is 0 Å². The lowest BCUT2D eigenvalue weighted by atomic mass is 9.70. The number of hydrogen-bond donors (Lipinski definition) is 0. The Morgan fingerprint density at radius 2 is 1.32 bits per heavy atom. The second-order valence-corrected chi connectivity index (χ2v) is 4.81. The normalized spacial score (nSPS) is 12.2. The van der Waals surface area contributed by atoms with Gasteiger partial charge in [0.15, 0.2) is 0 Å². The smallest absolute Gasteiger partial charge is 0.0419 e. The number of allylic oxidation sites excluding steroid dienone is 3. The van der Waals surface area contributed by atoms with E-state index in [1.165, 1.54) is 16.7 Å². The Morgan fingerprint density at radius 3 is 1.63 bits per heavy atom. The van der Waals surface area contributed by atoms with Crippen molar-refractivity contribution in [3.05, 3.63) is 96.1 Å². The lowest BCUT2D eigenvalue weighted by Gasteiger charge is -2.32. The van der Waals surface area contributed by atoms with Crippen LogP contribution in [0.5, 0.6) is 0 Å². The highest BCUT2D eigenvalue weighted by Crippen LogP contribution is 2.39. The van der Waals surface area contributed by atoms with E-state index in [-0.39, 0.29) is 5.41 Å². The fourth-order valence-electron chi connectivity index (χ4n) is 2.65. The van der Waals surface area contributed by atoms with Crippen molar-refractivity contribution in [3.63, 3.8) is 0 Å². The fraction of sp³-hybridized carbons (Fsp3) is 0.158. The minimum Gasteiger partial charge on any atom is -0.0988 e. The van der Waals surface area contributed by atoms with E-state index in [9.17, 15) is 0 Å². The summed E-state index contributed by atoms with van der Waals surface area (Å²) in [5.41, 5.74) is 3.65. The Hall–Kier alpha value is -2.08. The summed E-state index contributed by atoms with van der Waals surface area (Å²) in [6.45, 7) is 8.31. The molecule has 0 radical (unpaired) electrons. The van der Waals surface area contributed by atoms with Gasteiger partial charge in [-0.2, -0.15) is 0 Å². The first-order valence-corrected chi connectivity index (χ1v) is 6.63. The molecule has 0 aliphatic carbocycles. The summed E-state index contributed by atoms with van der Waals surface area (Å²) >= 11 is 0. The molecule has 0 bridgehead atoms. The van der Waals surface area contributed by atoms with Gasteiger partial charge in [-0.25, -0.2) is 0 Å². The summed E-state index contributed by atoms with van der Waals surface area (Å²) in [7, 11) is 0. The third kappa shape index (κ3) is 2.39. The van der Waals surface area contributed by atoms with Crippen molar-refractivity contribution in [2.75, 3.05) is 0 Å². The van der Waals surface area contributed by atoms with Gasteiger partial charge in [0.25, 0.3) is 0 Å². The highest BCUT2D eigenvalue weighted by Gasteiger charge is 2.30. The van der Waals surface area contributed by atoms with Crippen molar-refractivity contribution in [3.8, 4) is 0 Å². The molecule has 19 heavy (non-hydrogen) atoms. The van der Waals surface area contributed by atoms with Crippen molar-refractivity contribution in [1.82, 2.24) is 0 Å². The first-order valence-electron chi connectivity index (χ1n) is 6.63. The molecular formula is C19H20. The summed E-state index contributed by atoms with van der Waals surface area (Å²) in [6.07, 6.45) is 4.10. The largest absolute Gasteiger partial charge is 0.0988 e. The minimum absolute atomic E-state index is 0.154. The van der Waals surface area contributed by atoms with E-state index in [1.807, 2.05) is 6.08 Å². The van der Waals surface area contributed by atoms with Gasteiger partial charge in [0.1, 0.15) is 0 Å². The highest BCUT2D eigenvalue weighted by atomic mass is 14.3. The Labute approximate surface area is 116 Å². The number of rotatable bonds is 4. The molecule has 0 saturated heterocycles. The molecule has 0 heterocycles. The summed E-state index contributed by atoms with van der Waals surface area (Å²) in [4.78, 5) is 0. The minimum atomic E-state index is -0.154. The third-order valence-corrected chi connectivity index (χ3v) is 3.81. The predicted molar refractivity (Wildman–Crippen MR) is 83.3 cm³/mol.